The van der Waals surface area contributed by atoms with E-state index in [1.54, 1.807) is 12.7 Å². The molecular formula is C11H15ClN6S. The van der Waals surface area contributed by atoms with Crippen molar-refractivity contribution in [3.8, 4) is 0 Å². The minimum absolute atomic E-state index is 0.466. The molecule has 8 heteroatoms. The average molecular weight is 299 g/mol. The molecule has 102 valence electrons. The largest absolute Gasteiger partial charge is 0.293 e. The Labute approximate surface area is 120 Å². The highest BCUT2D eigenvalue weighted by Crippen LogP contribution is 2.24. The van der Waals surface area contributed by atoms with Crippen LogP contribution in [-0.2, 0) is 13.1 Å². The predicted octanol–water partition coefficient (Wildman–Crippen LogP) is 1.84. The zero-order valence-corrected chi connectivity index (χ0v) is 12.0. The van der Waals surface area contributed by atoms with Gasteiger partial charge in [-0.05, 0) is 19.4 Å². The molecule has 19 heavy (non-hydrogen) atoms. The topological polar surface area (TPSA) is 59.7 Å². The maximum atomic E-state index is 6.09. The van der Waals surface area contributed by atoms with E-state index in [1.807, 2.05) is 4.68 Å². The molecule has 1 atom stereocenters. The molecule has 0 spiro atoms. The van der Waals surface area contributed by atoms with E-state index in [0.29, 0.717) is 10.4 Å². The number of nitrogens with zero attached hydrogens (tertiary/aromatic N) is 6. The fourth-order valence-corrected chi connectivity index (χ4v) is 3.11. The molecule has 1 saturated heterocycles. The number of piperidine rings is 1. The molecule has 0 bridgehead atoms. The van der Waals surface area contributed by atoms with Crippen LogP contribution in [0.3, 0.4) is 0 Å². The van der Waals surface area contributed by atoms with Crippen LogP contribution >= 0.6 is 23.1 Å². The second-order valence-electron chi connectivity index (χ2n) is 4.73. The molecule has 1 aliphatic heterocycles. The summed E-state index contributed by atoms with van der Waals surface area (Å²) in [6, 6.07) is 0.466. The number of hydrogen-bond acceptors (Lipinski definition) is 6. The lowest BCUT2D eigenvalue weighted by atomic mass is 10.0. The summed E-state index contributed by atoms with van der Waals surface area (Å²) in [5.74, 6) is 0. The van der Waals surface area contributed by atoms with E-state index in [2.05, 4.69) is 24.6 Å². The summed E-state index contributed by atoms with van der Waals surface area (Å²) in [7, 11) is 0. The monoisotopic (exact) mass is 298 g/mol. The molecule has 2 aromatic rings. The van der Waals surface area contributed by atoms with Gasteiger partial charge in [-0.15, -0.1) is 5.10 Å². The van der Waals surface area contributed by atoms with E-state index >= 15 is 0 Å². The average Bonchev–Trinajstić information content (AvgIpc) is 3.05. The van der Waals surface area contributed by atoms with E-state index in [0.717, 1.165) is 25.3 Å². The molecule has 3 rings (SSSR count). The van der Waals surface area contributed by atoms with Crippen LogP contribution in [0.1, 0.15) is 25.0 Å². The summed E-state index contributed by atoms with van der Waals surface area (Å²) >= 11 is 7.34. The second-order valence-corrected chi connectivity index (χ2v) is 6.09. The van der Waals surface area contributed by atoms with Gasteiger partial charge in [0.05, 0.1) is 6.54 Å². The van der Waals surface area contributed by atoms with Crippen LogP contribution in [-0.4, -0.2) is 41.8 Å². The molecule has 0 unspecified atom stereocenters. The minimum atomic E-state index is 0.466. The van der Waals surface area contributed by atoms with Crippen molar-refractivity contribution in [3.05, 3.63) is 22.7 Å². The molecule has 0 N–H and O–H groups in total. The number of halogens is 1. The van der Waals surface area contributed by atoms with Crippen LogP contribution in [0.2, 0.25) is 4.34 Å². The first-order valence-electron chi connectivity index (χ1n) is 6.36. The van der Waals surface area contributed by atoms with E-state index in [1.165, 1.54) is 30.8 Å². The first kappa shape index (κ1) is 13.0. The van der Waals surface area contributed by atoms with Crippen molar-refractivity contribution >= 4 is 23.1 Å². The van der Waals surface area contributed by atoms with Crippen LogP contribution in [0.4, 0.5) is 0 Å². The van der Waals surface area contributed by atoms with Crippen LogP contribution in [0, 0.1) is 0 Å². The maximum absolute atomic E-state index is 6.09. The Morgan fingerprint density at radius 1 is 1.42 bits per heavy atom. The highest BCUT2D eigenvalue weighted by molar-refractivity contribution is 7.10. The molecule has 0 saturated carbocycles. The number of rotatable bonds is 4. The van der Waals surface area contributed by atoms with E-state index in [9.17, 15) is 0 Å². The van der Waals surface area contributed by atoms with Gasteiger partial charge in [0.25, 0.3) is 0 Å². The molecule has 2 aromatic heterocycles. The zero-order chi connectivity index (χ0) is 13.1. The highest BCUT2D eigenvalue weighted by Gasteiger charge is 2.24. The summed E-state index contributed by atoms with van der Waals surface area (Å²) in [6.45, 7) is 2.72. The molecule has 0 aliphatic carbocycles. The Hall–Kier alpha value is -1.05. The lowest BCUT2D eigenvalue weighted by molar-refractivity contribution is 0.120. The zero-order valence-electron chi connectivity index (χ0n) is 10.4. The van der Waals surface area contributed by atoms with Crippen molar-refractivity contribution in [2.24, 2.45) is 0 Å². The van der Waals surface area contributed by atoms with Crippen molar-refractivity contribution in [3.63, 3.8) is 0 Å². The van der Waals surface area contributed by atoms with Gasteiger partial charge in [0.15, 0.2) is 0 Å². The standard InChI is InChI=1S/C11H15ClN6S/c12-11-10(15-16-19-11)6-17-4-2-1-3-9(17)5-18-8-13-7-14-18/h7-9H,1-6H2/t9-/m1/s1. The third-order valence-electron chi connectivity index (χ3n) is 3.48. The number of likely N-dealkylation sites (tertiary alicyclic amines) is 1. The maximum Gasteiger partial charge on any atom is 0.138 e. The molecule has 0 radical (unpaired) electrons. The lowest BCUT2D eigenvalue weighted by Gasteiger charge is -2.35. The first-order valence-corrected chi connectivity index (χ1v) is 7.51. The van der Waals surface area contributed by atoms with Gasteiger partial charge in [-0.25, -0.2) is 4.98 Å². The second kappa shape index (κ2) is 5.94. The van der Waals surface area contributed by atoms with Crippen molar-refractivity contribution < 1.29 is 0 Å². The van der Waals surface area contributed by atoms with Gasteiger partial charge < -0.3 is 0 Å². The van der Waals surface area contributed by atoms with Gasteiger partial charge in [-0.2, -0.15) is 5.10 Å². The van der Waals surface area contributed by atoms with E-state index < -0.39 is 0 Å². The Balaban J connectivity index is 1.68. The summed E-state index contributed by atoms with van der Waals surface area (Å²) in [6.07, 6.45) is 7.01. The third kappa shape index (κ3) is 3.10. The fraction of sp³-hybridized carbons (Fsp3) is 0.636. The van der Waals surface area contributed by atoms with Crippen molar-refractivity contribution in [1.82, 2.24) is 29.3 Å². The summed E-state index contributed by atoms with van der Waals surface area (Å²) in [5, 5.41) is 8.29. The van der Waals surface area contributed by atoms with E-state index in [4.69, 9.17) is 11.6 Å². The van der Waals surface area contributed by atoms with Gasteiger partial charge >= 0.3 is 0 Å². The Morgan fingerprint density at radius 2 is 2.37 bits per heavy atom. The highest BCUT2D eigenvalue weighted by atomic mass is 35.5. The number of aromatic nitrogens is 5. The first-order chi connectivity index (χ1) is 9.33. The van der Waals surface area contributed by atoms with Gasteiger partial charge in [-0.1, -0.05) is 22.5 Å². The van der Waals surface area contributed by atoms with Crippen LogP contribution in [0.5, 0.6) is 0 Å². The van der Waals surface area contributed by atoms with Crippen LogP contribution in [0.25, 0.3) is 0 Å². The molecular weight excluding hydrogens is 284 g/mol. The molecule has 0 amide bonds. The minimum Gasteiger partial charge on any atom is -0.293 e. The van der Waals surface area contributed by atoms with Crippen molar-refractivity contribution in [1.29, 1.82) is 0 Å². The number of hydrogen-bond donors (Lipinski definition) is 0. The fourth-order valence-electron chi connectivity index (χ4n) is 2.50. The molecule has 1 fully saturated rings. The Morgan fingerprint density at radius 3 is 3.11 bits per heavy atom. The Kier molecular flexibility index (Phi) is 4.05. The van der Waals surface area contributed by atoms with Gasteiger partial charge in [0.1, 0.15) is 22.7 Å². The third-order valence-corrected chi connectivity index (χ3v) is 4.46. The summed E-state index contributed by atoms with van der Waals surface area (Å²) < 4.78 is 6.49. The molecule has 1 aliphatic rings. The van der Waals surface area contributed by atoms with Crippen molar-refractivity contribution in [2.75, 3.05) is 6.54 Å². The van der Waals surface area contributed by atoms with Crippen LogP contribution < -0.4 is 0 Å². The van der Waals surface area contributed by atoms with Gasteiger partial charge in [-0.3, -0.25) is 9.58 Å². The SMILES string of the molecule is Clc1snnc1CN1CCCC[C@@H]1Cn1cncn1. The summed E-state index contributed by atoms with van der Waals surface area (Å²) in [5.41, 5.74) is 0.886. The lowest BCUT2D eigenvalue weighted by Crippen LogP contribution is -2.41. The van der Waals surface area contributed by atoms with Gasteiger partial charge in [0.2, 0.25) is 0 Å². The van der Waals surface area contributed by atoms with Gasteiger partial charge in [0, 0.05) is 24.1 Å². The van der Waals surface area contributed by atoms with Crippen LogP contribution in [0.15, 0.2) is 12.7 Å². The molecule has 0 aromatic carbocycles. The van der Waals surface area contributed by atoms with Crippen molar-refractivity contribution in [2.45, 2.75) is 38.4 Å². The normalized spacial score (nSPS) is 20.8. The molecule has 6 nitrogen and oxygen atoms in total. The summed E-state index contributed by atoms with van der Waals surface area (Å²) in [4.78, 5) is 6.42. The smallest absolute Gasteiger partial charge is 0.138 e. The molecule has 3 heterocycles. The quantitative estimate of drug-likeness (QED) is 0.862. The van der Waals surface area contributed by atoms with E-state index in [-0.39, 0.29) is 0 Å². The Bertz CT molecular complexity index is 513. The predicted molar refractivity (Wildman–Crippen MR) is 73.0 cm³/mol.